The van der Waals surface area contributed by atoms with E-state index in [0.717, 1.165) is 5.56 Å². The molecule has 4 heteroatoms. The van der Waals surface area contributed by atoms with E-state index in [4.69, 9.17) is 0 Å². The van der Waals surface area contributed by atoms with Gasteiger partial charge in [-0.1, -0.05) is 60.7 Å². The molecule has 0 unspecified atom stereocenters. The molecule has 1 fully saturated rings. The molecule has 0 spiro atoms. The Morgan fingerprint density at radius 3 is 2.00 bits per heavy atom. The quantitative estimate of drug-likeness (QED) is 0.918. The average molecular weight is 281 g/mol. The van der Waals surface area contributed by atoms with Crippen LogP contribution in [0.3, 0.4) is 0 Å². The Labute approximate surface area is 125 Å². The fourth-order valence-corrected chi connectivity index (χ4v) is 2.67. The van der Waals surface area contributed by atoms with Gasteiger partial charge in [0.1, 0.15) is 0 Å². The smallest absolute Gasteiger partial charge is 0.330 e. The molecule has 1 aliphatic heterocycles. The van der Waals surface area contributed by atoms with Gasteiger partial charge in [0.2, 0.25) is 0 Å². The summed E-state index contributed by atoms with van der Waals surface area (Å²) in [5.41, 5.74) is 5.60. The summed E-state index contributed by atoms with van der Waals surface area (Å²) in [5.74, 6) is 0. The number of hydrazine groups is 1. The van der Waals surface area contributed by atoms with Crippen LogP contribution in [0.5, 0.6) is 0 Å². The summed E-state index contributed by atoms with van der Waals surface area (Å²) in [4.78, 5) is 13.9. The number of nitrogens with one attached hydrogen (secondary N) is 1. The van der Waals surface area contributed by atoms with Crippen LogP contribution in [-0.4, -0.2) is 30.0 Å². The summed E-state index contributed by atoms with van der Waals surface area (Å²) in [7, 11) is 3.53. The molecule has 21 heavy (non-hydrogen) atoms. The van der Waals surface area contributed by atoms with Crippen molar-refractivity contribution in [3.8, 4) is 0 Å². The molecule has 4 nitrogen and oxygen atoms in total. The van der Waals surface area contributed by atoms with E-state index < -0.39 is 0 Å². The Morgan fingerprint density at radius 2 is 1.48 bits per heavy atom. The molecule has 3 rings (SSSR count). The highest BCUT2D eigenvalue weighted by atomic mass is 16.2. The lowest BCUT2D eigenvalue weighted by molar-refractivity contribution is -0.00492. The van der Waals surface area contributed by atoms with E-state index in [9.17, 15) is 4.79 Å². The summed E-state index contributed by atoms with van der Waals surface area (Å²) in [6.45, 7) is 0. The van der Waals surface area contributed by atoms with Gasteiger partial charge in [0.15, 0.2) is 0 Å². The zero-order valence-corrected chi connectivity index (χ0v) is 12.2. The van der Waals surface area contributed by atoms with Gasteiger partial charge in [-0.3, -0.25) is 0 Å². The third-order valence-electron chi connectivity index (χ3n) is 3.76. The number of amides is 2. The molecule has 0 aliphatic carbocycles. The van der Waals surface area contributed by atoms with E-state index in [1.807, 2.05) is 36.4 Å². The molecule has 1 heterocycles. The largest absolute Gasteiger partial charge is 0.334 e. The van der Waals surface area contributed by atoms with Gasteiger partial charge in [-0.2, -0.15) is 0 Å². The third kappa shape index (κ3) is 2.50. The molecule has 1 N–H and O–H groups in total. The molecular formula is C17H19N3O. The second kappa shape index (κ2) is 5.58. The maximum atomic E-state index is 12.3. The van der Waals surface area contributed by atoms with Crippen molar-refractivity contribution in [3.63, 3.8) is 0 Å². The highest BCUT2D eigenvalue weighted by Crippen LogP contribution is 2.41. The molecular weight excluding hydrogens is 262 g/mol. The molecule has 108 valence electrons. The molecule has 2 amide bonds. The fraction of sp³-hybridized carbons (Fsp3) is 0.235. The molecule has 2 atom stereocenters. The summed E-state index contributed by atoms with van der Waals surface area (Å²) in [6.07, 6.45) is 0. The lowest BCUT2D eigenvalue weighted by atomic mass is 9.90. The third-order valence-corrected chi connectivity index (χ3v) is 3.76. The van der Waals surface area contributed by atoms with Crippen molar-refractivity contribution in [2.75, 3.05) is 14.1 Å². The predicted octanol–water partition coefficient (Wildman–Crippen LogP) is 2.97. The van der Waals surface area contributed by atoms with E-state index in [-0.39, 0.29) is 18.1 Å². The molecule has 0 saturated carbocycles. The molecule has 0 aromatic heterocycles. The molecule has 2 aromatic carbocycles. The number of rotatable bonds is 2. The molecule has 1 saturated heterocycles. The Bertz CT molecular complexity index is 612. The van der Waals surface area contributed by atoms with Crippen molar-refractivity contribution in [1.29, 1.82) is 0 Å². The lowest BCUT2D eigenvalue weighted by Crippen LogP contribution is -2.62. The summed E-state index contributed by atoms with van der Waals surface area (Å²) in [6, 6.07) is 20.5. The van der Waals surface area contributed by atoms with Crippen LogP contribution < -0.4 is 5.43 Å². The van der Waals surface area contributed by atoms with Crippen LogP contribution in [0.1, 0.15) is 23.2 Å². The van der Waals surface area contributed by atoms with Gasteiger partial charge in [0.25, 0.3) is 0 Å². The lowest BCUT2D eigenvalue weighted by Gasteiger charge is -2.49. The Balaban J connectivity index is 1.92. The zero-order chi connectivity index (χ0) is 14.8. The van der Waals surface area contributed by atoms with Crippen molar-refractivity contribution < 1.29 is 4.79 Å². The van der Waals surface area contributed by atoms with Crippen LogP contribution in [0.25, 0.3) is 0 Å². The van der Waals surface area contributed by atoms with Crippen LogP contribution >= 0.6 is 0 Å². The standard InChI is InChI=1S/C17H19N3O/c1-19(2)17(21)20-16(14-11-7-4-8-12-14)15(18-20)13-9-5-3-6-10-13/h3-12,15-16,18H,1-2H3/t15-,16+/m1/s1. The van der Waals surface area contributed by atoms with Gasteiger partial charge in [0.05, 0.1) is 12.1 Å². The van der Waals surface area contributed by atoms with Crippen LogP contribution in [0.4, 0.5) is 4.79 Å². The minimum atomic E-state index is -0.0314. The first kappa shape index (κ1) is 13.6. The summed E-state index contributed by atoms with van der Waals surface area (Å²) < 4.78 is 0. The highest BCUT2D eigenvalue weighted by Gasteiger charge is 2.44. The van der Waals surface area contributed by atoms with Crippen molar-refractivity contribution in [2.45, 2.75) is 12.1 Å². The van der Waals surface area contributed by atoms with Crippen LogP contribution in [0.2, 0.25) is 0 Å². The topological polar surface area (TPSA) is 35.6 Å². The normalized spacial score (nSPS) is 20.8. The highest BCUT2D eigenvalue weighted by molar-refractivity contribution is 5.75. The number of nitrogens with zero attached hydrogens (tertiary/aromatic N) is 2. The fourth-order valence-electron chi connectivity index (χ4n) is 2.67. The number of benzene rings is 2. The zero-order valence-electron chi connectivity index (χ0n) is 12.2. The van der Waals surface area contributed by atoms with Crippen molar-refractivity contribution in [1.82, 2.24) is 15.3 Å². The molecule has 0 radical (unpaired) electrons. The number of carbonyl (C=O) groups excluding carboxylic acids is 1. The summed E-state index contributed by atoms with van der Waals surface area (Å²) in [5, 5.41) is 1.70. The first-order valence-electron chi connectivity index (χ1n) is 7.05. The number of hydrogen-bond acceptors (Lipinski definition) is 2. The first-order chi connectivity index (χ1) is 10.2. The Morgan fingerprint density at radius 1 is 0.952 bits per heavy atom. The van der Waals surface area contributed by atoms with Crippen molar-refractivity contribution in [2.24, 2.45) is 0 Å². The van der Waals surface area contributed by atoms with E-state index >= 15 is 0 Å². The Hall–Kier alpha value is -2.33. The average Bonchev–Trinajstić information content (AvgIpc) is 2.48. The second-order valence-electron chi connectivity index (χ2n) is 5.42. The van der Waals surface area contributed by atoms with Gasteiger partial charge in [-0.05, 0) is 11.1 Å². The van der Waals surface area contributed by atoms with Crippen molar-refractivity contribution >= 4 is 6.03 Å². The van der Waals surface area contributed by atoms with E-state index in [1.54, 1.807) is 24.0 Å². The maximum Gasteiger partial charge on any atom is 0.334 e. The van der Waals surface area contributed by atoms with Gasteiger partial charge in [0, 0.05) is 14.1 Å². The van der Waals surface area contributed by atoms with Gasteiger partial charge >= 0.3 is 6.03 Å². The van der Waals surface area contributed by atoms with E-state index in [0.29, 0.717) is 0 Å². The number of urea groups is 1. The predicted molar refractivity (Wildman–Crippen MR) is 82.4 cm³/mol. The maximum absolute atomic E-state index is 12.3. The number of hydrogen-bond donors (Lipinski definition) is 1. The second-order valence-corrected chi connectivity index (χ2v) is 5.42. The van der Waals surface area contributed by atoms with Gasteiger partial charge in [-0.15, -0.1) is 0 Å². The monoisotopic (exact) mass is 281 g/mol. The molecule has 1 aliphatic rings. The first-order valence-corrected chi connectivity index (χ1v) is 7.05. The molecule has 2 aromatic rings. The summed E-state index contributed by atoms with van der Waals surface area (Å²) >= 11 is 0. The number of carbonyl (C=O) groups is 1. The van der Waals surface area contributed by atoms with Crippen LogP contribution in [0, 0.1) is 0 Å². The minimum absolute atomic E-state index is 0.0171. The van der Waals surface area contributed by atoms with E-state index in [1.165, 1.54) is 5.56 Å². The Kier molecular flexibility index (Phi) is 3.62. The van der Waals surface area contributed by atoms with Gasteiger partial charge < -0.3 is 4.90 Å². The SMILES string of the molecule is CN(C)C(=O)N1N[C@H](c2ccccc2)[C@@H]1c1ccccc1. The van der Waals surface area contributed by atoms with Crippen LogP contribution in [-0.2, 0) is 0 Å². The van der Waals surface area contributed by atoms with Crippen LogP contribution in [0.15, 0.2) is 60.7 Å². The molecule has 0 bridgehead atoms. The van der Waals surface area contributed by atoms with E-state index in [2.05, 4.69) is 29.7 Å². The van der Waals surface area contributed by atoms with Gasteiger partial charge in [-0.25, -0.2) is 15.2 Å². The van der Waals surface area contributed by atoms with Crippen molar-refractivity contribution in [3.05, 3.63) is 71.8 Å². The minimum Gasteiger partial charge on any atom is -0.330 e.